The Labute approximate surface area is 181 Å². The van der Waals surface area contributed by atoms with Gasteiger partial charge in [0.15, 0.2) is 0 Å². The summed E-state index contributed by atoms with van der Waals surface area (Å²) in [5.74, 6) is 0.847. The van der Waals surface area contributed by atoms with E-state index in [9.17, 15) is 10.1 Å². The molecule has 1 aromatic carbocycles. The van der Waals surface area contributed by atoms with Crippen LogP contribution in [0.3, 0.4) is 0 Å². The number of carbonyl (C=O) groups excluding carboxylic acids is 1. The van der Waals surface area contributed by atoms with Crippen LogP contribution in [-0.2, 0) is 4.79 Å². The Morgan fingerprint density at radius 2 is 1.80 bits per heavy atom. The van der Waals surface area contributed by atoms with Crippen LogP contribution >= 0.6 is 0 Å². The zero-order chi connectivity index (χ0) is 21.8. The van der Waals surface area contributed by atoms with E-state index in [1.807, 2.05) is 6.07 Å². The predicted molar refractivity (Wildman–Crippen MR) is 118 cm³/mol. The summed E-state index contributed by atoms with van der Waals surface area (Å²) in [5.41, 5.74) is 0.201. The van der Waals surface area contributed by atoms with Crippen LogP contribution in [0.2, 0.25) is 0 Å². The van der Waals surface area contributed by atoms with E-state index in [0.29, 0.717) is 12.4 Å². The standard InChI is InChI=1S/C25H34N2O3/c1-4-6-8-9-10-19-11-13-20(14-12-19)25(28)30-23-16-15-22(29-17-7-5-2)21(18-26)24(23)27-3/h15-16,19-20H,4-14,17H2,1-2H3. The predicted octanol–water partition coefficient (Wildman–Crippen LogP) is 6.97. The van der Waals surface area contributed by atoms with Gasteiger partial charge in [-0.1, -0.05) is 52.4 Å². The number of nitrogens with zero attached hydrogens (tertiary/aromatic N) is 2. The molecule has 0 saturated heterocycles. The van der Waals surface area contributed by atoms with Gasteiger partial charge in [-0.05, 0) is 50.2 Å². The molecular formula is C25H34N2O3. The summed E-state index contributed by atoms with van der Waals surface area (Å²) < 4.78 is 11.2. The zero-order valence-electron chi connectivity index (χ0n) is 18.4. The normalized spacial score (nSPS) is 18.3. The van der Waals surface area contributed by atoms with Crippen molar-refractivity contribution in [1.29, 1.82) is 5.26 Å². The maximum Gasteiger partial charge on any atom is 0.313 e. The summed E-state index contributed by atoms with van der Waals surface area (Å²) in [7, 11) is 0. The van der Waals surface area contributed by atoms with Gasteiger partial charge in [-0.2, -0.15) is 5.26 Å². The molecule has 1 fully saturated rings. The van der Waals surface area contributed by atoms with Crippen molar-refractivity contribution < 1.29 is 14.3 Å². The van der Waals surface area contributed by atoms with Gasteiger partial charge in [-0.15, -0.1) is 0 Å². The second-order valence-electron chi connectivity index (χ2n) is 8.20. The summed E-state index contributed by atoms with van der Waals surface area (Å²) in [4.78, 5) is 16.2. The average molecular weight is 411 g/mol. The summed E-state index contributed by atoms with van der Waals surface area (Å²) in [6, 6.07) is 5.24. The fourth-order valence-corrected chi connectivity index (χ4v) is 4.04. The summed E-state index contributed by atoms with van der Waals surface area (Å²) in [6.07, 6.45) is 12.1. The van der Waals surface area contributed by atoms with Crippen molar-refractivity contribution in [2.75, 3.05) is 6.61 Å². The lowest BCUT2D eigenvalue weighted by Crippen LogP contribution is -2.25. The number of ether oxygens (including phenoxy) is 2. The van der Waals surface area contributed by atoms with Crippen molar-refractivity contribution in [1.82, 2.24) is 0 Å². The van der Waals surface area contributed by atoms with E-state index in [0.717, 1.165) is 44.4 Å². The lowest BCUT2D eigenvalue weighted by atomic mass is 9.80. The lowest BCUT2D eigenvalue weighted by molar-refractivity contribution is -0.140. The van der Waals surface area contributed by atoms with Crippen molar-refractivity contribution in [3.8, 4) is 17.6 Å². The number of benzene rings is 1. The Bertz CT molecular complexity index is 768. The molecule has 0 heterocycles. The maximum absolute atomic E-state index is 12.7. The second-order valence-corrected chi connectivity index (χ2v) is 8.20. The number of hydrogen-bond donors (Lipinski definition) is 0. The zero-order valence-corrected chi connectivity index (χ0v) is 18.4. The van der Waals surface area contributed by atoms with Crippen LogP contribution in [-0.4, -0.2) is 12.6 Å². The van der Waals surface area contributed by atoms with Gasteiger partial charge in [0.05, 0.1) is 25.2 Å². The van der Waals surface area contributed by atoms with Gasteiger partial charge >= 0.3 is 5.97 Å². The molecule has 0 atom stereocenters. The van der Waals surface area contributed by atoms with Gasteiger partial charge in [-0.25, -0.2) is 4.85 Å². The average Bonchev–Trinajstić information content (AvgIpc) is 2.77. The van der Waals surface area contributed by atoms with Crippen LogP contribution in [0, 0.1) is 29.7 Å². The molecule has 0 aliphatic heterocycles. The summed E-state index contributed by atoms with van der Waals surface area (Å²) >= 11 is 0. The van der Waals surface area contributed by atoms with Crippen molar-refractivity contribution in [3.05, 3.63) is 29.1 Å². The molecule has 1 aliphatic rings. The van der Waals surface area contributed by atoms with Crippen LogP contribution < -0.4 is 9.47 Å². The van der Waals surface area contributed by atoms with Gasteiger partial charge in [0, 0.05) is 0 Å². The van der Waals surface area contributed by atoms with Crippen LogP contribution in [0.15, 0.2) is 12.1 Å². The molecule has 162 valence electrons. The van der Waals surface area contributed by atoms with Gasteiger partial charge in [0.1, 0.15) is 17.1 Å². The summed E-state index contributed by atoms with van der Waals surface area (Å²) in [6.45, 7) is 12.2. The molecule has 5 nitrogen and oxygen atoms in total. The Hall–Kier alpha value is -2.53. The van der Waals surface area contributed by atoms with Crippen molar-refractivity contribution in [3.63, 3.8) is 0 Å². The first-order valence-electron chi connectivity index (χ1n) is 11.4. The van der Waals surface area contributed by atoms with Crippen molar-refractivity contribution >= 4 is 11.7 Å². The second kappa shape index (κ2) is 12.9. The largest absolute Gasteiger partial charge is 0.494 e. The molecule has 1 aromatic rings. The molecule has 0 bridgehead atoms. The molecular weight excluding hydrogens is 376 g/mol. The number of carbonyl (C=O) groups is 1. The number of unbranched alkanes of at least 4 members (excludes halogenated alkanes) is 4. The molecule has 5 heteroatoms. The molecule has 0 unspecified atom stereocenters. The van der Waals surface area contributed by atoms with E-state index in [4.69, 9.17) is 16.0 Å². The highest BCUT2D eigenvalue weighted by atomic mass is 16.5. The molecule has 2 rings (SSSR count). The topological polar surface area (TPSA) is 63.7 Å². The molecule has 0 N–H and O–H groups in total. The van der Waals surface area contributed by atoms with E-state index in [2.05, 4.69) is 18.7 Å². The highest BCUT2D eigenvalue weighted by molar-refractivity contribution is 5.80. The first-order valence-corrected chi connectivity index (χ1v) is 11.4. The minimum absolute atomic E-state index is 0.0597. The number of rotatable bonds is 11. The van der Waals surface area contributed by atoms with E-state index in [-0.39, 0.29) is 28.9 Å². The Morgan fingerprint density at radius 3 is 2.43 bits per heavy atom. The minimum Gasteiger partial charge on any atom is -0.494 e. The molecule has 0 spiro atoms. The fraction of sp³-hybridized carbons (Fsp3) is 0.640. The van der Waals surface area contributed by atoms with Crippen molar-refractivity contribution in [2.24, 2.45) is 11.8 Å². The Balaban J connectivity index is 1.95. The molecule has 0 aromatic heterocycles. The summed E-state index contributed by atoms with van der Waals surface area (Å²) in [5, 5.41) is 9.51. The molecule has 1 aliphatic carbocycles. The van der Waals surface area contributed by atoms with Crippen LogP contribution in [0.25, 0.3) is 4.85 Å². The van der Waals surface area contributed by atoms with E-state index in [1.54, 1.807) is 12.1 Å². The van der Waals surface area contributed by atoms with Crippen LogP contribution in [0.4, 0.5) is 5.69 Å². The van der Waals surface area contributed by atoms with E-state index < -0.39 is 0 Å². The molecule has 0 amide bonds. The highest BCUT2D eigenvalue weighted by Gasteiger charge is 2.28. The Morgan fingerprint density at radius 1 is 1.10 bits per heavy atom. The third-order valence-electron chi connectivity index (χ3n) is 5.94. The smallest absolute Gasteiger partial charge is 0.313 e. The van der Waals surface area contributed by atoms with Gasteiger partial charge in [-0.3, -0.25) is 4.79 Å². The highest BCUT2D eigenvalue weighted by Crippen LogP contribution is 2.39. The molecule has 1 saturated carbocycles. The third kappa shape index (κ3) is 6.77. The lowest BCUT2D eigenvalue weighted by Gasteiger charge is -2.27. The molecule has 0 radical (unpaired) electrons. The van der Waals surface area contributed by atoms with Crippen LogP contribution in [0.5, 0.6) is 11.5 Å². The van der Waals surface area contributed by atoms with E-state index in [1.165, 1.54) is 32.1 Å². The first-order chi connectivity index (χ1) is 14.6. The van der Waals surface area contributed by atoms with Gasteiger partial charge in [0.2, 0.25) is 5.69 Å². The maximum atomic E-state index is 12.7. The van der Waals surface area contributed by atoms with E-state index >= 15 is 0 Å². The minimum atomic E-state index is -0.284. The number of nitriles is 1. The number of hydrogen-bond acceptors (Lipinski definition) is 4. The monoisotopic (exact) mass is 410 g/mol. The van der Waals surface area contributed by atoms with Gasteiger partial charge in [0.25, 0.3) is 0 Å². The first kappa shape index (κ1) is 23.7. The fourth-order valence-electron chi connectivity index (χ4n) is 4.04. The SMILES string of the molecule is [C-]#[N+]c1c(OC(=O)C2CCC(CCCCCC)CC2)ccc(OCCCC)c1C#N. The van der Waals surface area contributed by atoms with Gasteiger partial charge < -0.3 is 9.47 Å². The molecule has 30 heavy (non-hydrogen) atoms. The quantitative estimate of drug-likeness (QED) is 0.171. The number of esters is 1. The van der Waals surface area contributed by atoms with Crippen LogP contribution in [0.1, 0.15) is 90.0 Å². The third-order valence-corrected chi connectivity index (χ3v) is 5.94. The Kier molecular flexibility index (Phi) is 10.2. The van der Waals surface area contributed by atoms with Crippen molar-refractivity contribution in [2.45, 2.75) is 84.5 Å².